The van der Waals surface area contributed by atoms with E-state index in [4.69, 9.17) is 9.72 Å². The highest BCUT2D eigenvalue weighted by molar-refractivity contribution is 9.10. The number of amides is 1. The molecule has 0 radical (unpaired) electrons. The number of aryl methyl sites for hydroxylation is 3. The molecule has 9 heteroatoms. The average molecular weight is 547 g/mol. The summed E-state index contributed by atoms with van der Waals surface area (Å²) >= 11 is 3.47. The molecule has 0 bridgehead atoms. The van der Waals surface area contributed by atoms with Crippen LogP contribution in [0.3, 0.4) is 0 Å². The summed E-state index contributed by atoms with van der Waals surface area (Å²) in [5.41, 5.74) is 6.69. The number of nitrogens with zero attached hydrogens (tertiary/aromatic N) is 4. The quantitative estimate of drug-likeness (QED) is 0.322. The number of carbonyl (C=O) groups is 1. The van der Waals surface area contributed by atoms with E-state index in [1.54, 1.807) is 11.8 Å². The lowest BCUT2D eigenvalue weighted by Crippen LogP contribution is -2.16. The van der Waals surface area contributed by atoms with E-state index in [0.717, 1.165) is 69.6 Å². The smallest absolute Gasteiger partial charge is 0.276 e. The van der Waals surface area contributed by atoms with Gasteiger partial charge < -0.3 is 15.4 Å². The fraction of sp³-hybridized carbons (Fsp3) is 0.259. The fourth-order valence-electron chi connectivity index (χ4n) is 4.61. The Balaban J connectivity index is 1.51. The Morgan fingerprint density at radius 1 is 1.17 bits per heavy atom. The number of aromatic nitrogens is 4. The molecule has 2 N–H and O–H groups in total. The van der Waals surface area contributed by atoms with Crippen LogP contribution >= 0.6 is 15.9 Å². The van der Waals surface area contributed by atoms with Crippen molar-refractivity contribution < 1.29 is 9.53 Å². The first-order valence-electron chi connectivity index (χ1n) is 11.9. The number of carbonyl (C=O) groups excluding carboxylic acids is 1. The molecule has 4 aromatic rings. The van der Waals surface area contributed by atoms with Gasteiger partial charge in [-0.25, -0.2) is 9.97 Å². The SMILES string of the molecule is CCc1ccccc1NC(=O)c1nn(C)c2c1CCCc1cnc(Nc3ccc(Br)cc3OC)nc1-2. The van der Waals surface area contributed by atoms with Crippen molar-refractivity contribution in [3.8, 4) is 17.1 Å². The molecule has 1 aliphatic rings. The van der Waals surface area contributed by atoms with Crippen LogP contribution < -0.4 is 15.4 Å². The van der Waals surface area contributed by atoms with E-state index in [2.05, 4.69) is 43.6 Å². The number of nitrogens with one attached hydrogen (secondary N) is 2. The standard InChI is InChI=1S/C27H27BrN6O2/c1-4-16-8-5-6-11-20(16)30-26(35)24-19-10-7-9-17-15-29-27(32-23(17)25(19)34(2)33-24)31-21-13-12-18(28)14-22(21)36-3/h5-6,8,11-15H,4,7,9-10H2,1-3H3,(H,30,35)(H,29,31,32). The van der Waals surface area contributed by atoms with Crippen molar-refractivity contribution in [2.75, 3.05) is 17.7 Å². The number of rotatable bonds is 6. The highest BCUT2D eigenvalue weighted by Crippen LogP contribution is 2.35. The van der Waals surface area contributed by atoms with Crippen LogP contribution in [0, 0.1) is 0 Å². The largest absolute Gasteiger partial charge is 0.495 e. The molecular weight excluding hydrogens is 520 g/mol. The van der Waals surface area contributed by atoms with Gasteiger partial charge in [0.05, 0.1) is 24.2 Å². The van der Waals surface area contributed by atoms with Crippen molar-refractivity contribution in [1.82, 2.24) is 19.7 Å². The van der Waals surface area contributed by atoms with Crippen molar-refractivity contribution in [3.63, 3.8) is 0 Å². The monoisotopic (exact) mass is 546 g/mol. The summed E-state index contributed by atoms with van der Waals surface area (Å²) in [5.74, 6) is 0.921. The lowest BCUT2D eigenvalue weighted by molar-refractivity contribution is 0.102. The van der Waals surface area contributed by atoms with Crippen LogP contribution in [0.25, 0.3) is 11.4 Å². The molecule has 1 amide bonds. The Hall–Kier alpha value is -3.72. The zero-order valence-electron chi connectivity index (χ0n) is 20.4. The molecule has 2 aromatic carbocycles. The van der Waals surface area contributed by atoms with Gasteiger partial charge in [-0.15, -0.1) is 0 Å². The Labute approximate surface area is 218 Å². The van der Waals surface area contributed by atoms with Crippen molar-refractivity contribution in [2.45, 2.75) is 32.6 Å². The molecule has 0 saturated carbocycles. The minimum Gasteiger partial charge on any atom is -0.495 e. The van der Waals surface area contributed by atoms with Gasteiger partial charge in [-0.05, 0) is 61.1 Å². The van der Waals surface area contributed by atoms with Crippen molar-refractivity contribution in [3.05, 3.63) is 75.5 Å². The van der Waals surface area contributed by atoms with E-state index in [0.29, 0.717) is 17.4 Å². The van der Waals surface area contributed by atoms with Gasteiger partial charge in [-0.2, -0.15) is 5.10 Å². The zero-order chi connectivity index (χ0) is 25.2. The Morgan fingerprint density at radius 3 is 2.81 bits per heavy atom. The lowest BCUT2D eigenvalue weighted by atomic mass is 10.1. The van der Waals surface area contributed by atoms with Crippen LogP contribution in [0.1, 0.15) is 40.5 Å². The third-order valence-corrected chi connectivity index (χ3v) is 6.87. The number of ether oxygens (including phenoxy) is 1. The second-order valence-electron chi connectivity index (χ2n) is 8.65. The van der Waals surface area contributed by atoms with Crippen molar-refractivity contribution in [2.24, 2.45) is 7.05 Å². The number of methoxy groups -OCH3 is 1. The van der Waals surface area contributed by atoms with Gasteiger partial charge in [0.25, 0.3) is 5.91 Å². The summed E-state index contributed by atoms with van der Waals surface area (Å²) < 4.78 is 8.17. The third-order valence-electron chi connectivity index (χ3n) is 6.38. The molecular formula is C27H27BrN6O2. The van der Waals surface area contributed by atoms with Crippen LogP contribution in [0.2, 0.25) is 0 Å². The topological polar surface area (TPSA) is 94.0 Å². The predicted molar refractivity (Wildman–Crippen MR) is 144 cm³/mol. The predicted octanol–water partition coefficient (Wildman–Crippen LogP) is 5.70. The highest BCUT2D eigenvalue weighted by Gasteiger charge is 2.28. The van der Waals surface area contributed by atoms with E-state index in [1.807, 2.05) is 55.7 Å². The van der Waals surface area contributed by atoms with Crippen LogP contribution in [-0.4, -0.2) is 32.8 Å². The number of halogens is 1. The zero-order valence-corrected chi connectivity index (χ0v) is 22.0. The first-order chi connectivity index (χ1) is 17.5. The number of hydrogen-bond acceptors (Lipinski definition) is 6. The van der Waals surface area contributed by atoms with Crippen molar-refractivity contribution >= 4 is 39.2 Å². The minimum atomic E-state index is -0.205. The first kappa shape index (κ1) is 24.0. The maximum absolute atomic E-state index is 13.3. The van der Waals surface area contributed by atoms with Crippen LogP contribution in [0.15, 0.2) is 53.1 Å². The molecule has 0 aliphatic heterocycles. The molecule has 1 aliphatic carbocycles. The van der Waals surface area contributed by atoms with Crippen molar-refractivity contribution in [1.29, 1.82) is 0 Å². The van der Waals surface area contributed by atoms with Gasteiger partial charge in [-0.1, -0.05) is 41.1 Å². The normalized spacial score (nSPS) is 12.3. The Bertz CT molecular complexity index is 1450. The van der Waals surface area contributed by atoms with E-state index in [9.17, 15) is 4.79 Å². The summed E-state index contributed by atoms with van der Waals surface area (Å²) in [6, 6.07) is 13.6. The molecule has 8 nitrogen and oxygen atoms in total. The maximum atomic E-state index is 13.3. The number of anilines is 3. The van der Waals surface area contributed by atoms with Gasteiger partial charge >= 0.3 is 0 Å². The second-order valence-corrected chi connectivity index (χ2v) is 9.57. The Morgan fingerprint density at radius 2 is 2.00 bits per heavy atom. The van der Waals surface area contributed by atoms with Crippen LogP contribution in [-0.2, 0) is 26.3 Å². The summed E-state index contributed by atoms with van der Waals surface area (Å²) in [4.78, 5) is 22.8. The minimum absolute atomic E-state index is 0.205. The number of para-hydroxylation sites is 1. The van der Waals surface area contributed by atoms with E-state index in [1.165, 1.54) is 0 Å². The molecule has 0 atom stereocenters. The Kier molecular flexibility index (Phi) is 6.73. The maximum Gasteiger partial charge on any atom is 0.276 e. The first-order valence-corrected chi connectivity index (χ1v) is 12.7. The van der Waals surface area contributed by atoms with Gasteiger partial charge in [0.15, 0.2) is 5.69 Å². The average Bonchev–Trinajstić information content (AvgIpc) is 3.09. The van der Waals surface area contributed by atoms with Gasteiger partial charge in [0, 0.05) is 29.0 Å². The van der Waals surface area contributed by atoms with Gasteiger partial charge in [-0.3, -0.25) is 9.48 Å². The molecule has 0 fully saturated rings. The molecule has 0 unspecified atom stereocenters. The van der Waals surface area contributed by atoms with Gasteiger partial charge in [0.2, 0.25) is 5.95 Å². The molecule has 184 valence electrons. The molecule has 36 heavy (non-hydrogen) atoms. The number of hydrogen-bond donors (Lipinski definition) is 2. The van der Waals surface area contributed by atoms with E-state index < -0.39 is 0 Å². The molecule has 0 spiro atoms. The molecule has 2 heterocycles. The molecule has 2 aromatic heterocycles. The second kappa shape index (κ2) is 10.1. The highest BCUT2D eigenvalue weighted by atomic mass is 79.9. The summed E-state index contributed by atoms with van der Waals surface area (Å²) in [6.45, 7) is 2.07. The summed E-state index contributed by atoms with van der Waals surface area (Å²) in [5, 5.41) is 11.0. The molecule has 5 rings (SSSR count). The van der Waals surface area contributed by atoms with Crippen LogP contribution in [0.5, 0.6) is 5.75 Å². The number of fused-ring (bicyclic) bond motifs is 3. The van der Waals surface area contributed by atoms with E-state index >= 15 is 0 Å². The lowest BCUT2D eigenvalue weighted by Gasteiger charge is -2.13. The van der Waals surface area contributed by atoms with Gasteiger partial charge in [0.1, 0.15) is 5.75 Å². The summed E-state index contributed by atoms with van der Waals surface area (Å²) in [6.07, 6.45) is 5.14. The van der Waals surface area contributed by atoms with Crippen LogP contribution in [0.4, 0.5) is 17.3 Å². The van der Waals surface area contributed by atoms with E-state index in [-0.39, 0.29) is 5.91 Å². The summed E-state index contributed by atoms with van der Waals surface area (Å²) in [7, 11) is 3.48. The fourth-order valence-corrected chi connectivity index (χ4v) is 4.95. The number of benzene rings is 2. The third kappa shape index (κ3) is 4.58. The molecule has 0 saturated heterocycles.